The first-order valence-electron chi connectivity index (χ1n) is 6.79. The summed E-state index contributed by atoms with van der Waals surface area (Å²) >= 11 is 0. The van der Waals surface area contributed by atoms with E-state index in [0.717, 1.165) is 0 Å². The van der Waals surface area contributed by atoms with Crippen LogP contribution in [0.4, 0.5) is 22.0 Å². The summed E-state index contributed by atoms with van der Waals surface area (Å²) in [7, 11) is 0. The Hall–Kier alpha value is -1.00. The van der Waals surface area contributed by atoms with Crippen LogP contribution in [0, 0.1) is 5.41 Å². The number of carbonyl (C=O) groups is 1. The fraction of sp³-hybridized carbons (Fsp3) is 0.923. The van der Waals surface area contributed by atoms with Crippen molar-refractivity contribution in [2.24, 2.45) is 5.41 Å². The summed E-state index contributed by atoms with van der Waals surface area (Å²) in [4.78, 5) is 15.3. The summed E-state index contributed by atoms with van der Waals surface area (Å²) in [6.07, 6.45) is -5.33. The molecule has 0 amide bonds. The van der Waals surface area contributed by atoms with Crippen molar-refractivity contribution < 1.29 is 46.4 Å². The standard InChI is InChI=1S/C13H19F5O5/c1-5-9(2,3)8(19)23-10(4)6-21-11(7-22-20,12(10,14)15)13(16,17)18/h20H,5-7H2,1-4H3. The van der Waals surface area contributed by atoms with Crippen molar-refractivity contribution in [2.75, 3.05) is 13.2 Å². The van der Waals surface area contributed by atoms with Crippen molar-refractivity contribution in [1.82, 2.24) is 0 Å². The van der Waals surface area contributed by atoms with Crippen LogP contribution in [0.3, 0.4) is 0 Å². The Kier molecular flexibility index (Phi) is 5.07. The van der Waals surface area contributed by atoms with E-state index >= 15 is 0 Å². The lowest BCUT2D eigenvalue weighted by Gasteiger charge is -2.39. The summed E-state index contributed by atoms with van der Waals surface area (Å²) < 4.78 is 77.5. The van der Waals surface area contributed by atoms with E-state index < -0.39 is 47.9 Å². The molecule has 0 aliphatic carbocycles. The Labute approximate surface area is 129 Å². The van der Waals surface area contributed by atoms with Crippen LogP contribution in [-0.4, -0.2) is 47.7 Å². The topological polar surface area (TPSA) is 65.0 Å². The SMILES string of the molecule is CCC(C)(C)C(=O)OC1(C)COC(COO)(C(F)(F)F)C1(F)F. The highest BCUT2D eigenvalue weighted by Crippen LogP contribution is 2.56. The highest BCUT2D eigenvalue weighted by atomic mass is 19.4. The number of halogens is 5. The lowest BCUT2D eigenvalue weighted by atomic mass is 9.85. The zero-order valence-corrected chi connectivity index (χ0v) is 13.1. The van der Waals surface area contributed by atoms with Gasteiger partial charge in [0.1, 0.15) is 6.61 Å². The number of alkyl halides is 5. The molecule has 10 heteroatoms. The van der Waals surface area contributed by atoms with Crippen LogP contribution >= 0.6 is 0 Å². The summed E-state index contributed by atoms with van der Waals surface area (Å²) in [5.74, 6) is -5.76. The molecule has 1 aliphatic heterocycles. The van der Waals surface area contributed by atoms with Gasteiger partial charge in [-0.25, -0.2) is 4.89 Å². The zero-order chi connectivity index (χ0) is 18.3. The third-order valence-corrected chi connectivity index (χ3v) is 4.25. The molecule has 0 saturated carbocycles. The first-order valence-corrected chi connectivity index (χ1v) is 6.79. The first kappa shape index (κ1) is 20.0. The maximum Gasteiger partial charge on any atom is 0.426 e. The van der Waals surface area contributed by atoms with Crippen LogP contribution in [0.1, 0.15) is 34.1 Å². The second-order valence-electron chi connectivity index (χ2n) is 6.32. The molecule has 0 spiro atoms. The normalized spacial score (nSPS) is 31.2. The van der Waals surface area contributed by atoms with Gasteiger partial charge in [-0.05, 0) is 27.2 Å². The molecule has 0 bridgehead atoms. The molecular formula is C13H19F5O5. The molecule has 1 heterocycles. The number of rotatable bonds is 5. The molecule has 5 nitrogen and oxygen atoms in total. The third-order valence-electron chi connectivity index (χ3n) is 4.25. The van der Waals surface area contributed by atoms with E-state index in [1.165, 1.54) is 13.8 Å². The quantitative estimate of drug-likeness (QED) is 0.357. The second-order valence-corrected chi connectivity index (χ2v) is 6.32. The summed E-state index contributed by atoms with van der Waals surface area (Å²) in [5.41, 5.74) is -8.12. The highest BCUT2D eigenvalue weighted by Gasteiger charge is 2.82. The van der Waals surface area contributed by atoms with Crippen molar-refractivity contribution in [3.63, 3.8) is 0 Å². The maximum absolute atomic E-state index is 14.5. The van der Waals surface area contributed by atoms with Crippen molar-refractivity contribution >= 4 is 5.97 Å². The Morgan fingerprint density at radius 2 is 1.83 bits per heavy atom. The number of hydrogen-bond acceptors (Lipinski definition) is 5. The predicted octanol–water partition coefficient (Wildman–Crippen LogP) is 3.18. The Morgan fingerprint density at radius 1 is 1.30 bits per heavy atom. The number of ether oxygens (including phenoxy) is 2. The highest BCUT2D eigenvalue weighted by molar-refractivity contribution is 5.76. The molecule has 0 radical (unpaired) electrons. The van der Waals surface area contributed by atoms with E-state index in [1.54, 1.807) is 6.92 Å². The van der Waals surface area contributed by atoms with Crippen molar-refractivity contribution in [2.45, 2.75) is 57.4 Å². The summed E-state index contributed by atoms with van der Waals surface area (Å²) in [6, 6.07) is 0. The van der Waals surface area contributed by atoms with Crippen LogP contribution in [0.25, 0.3) is 0 Å². The largest absolute Gasteiger partial charge is 0.450 e. The molecule has 1 N–H and O–H groups in total. The third kappa shape index (κ3) is 2.91. The van der Waals surface area contributed by atoms with Gasteiger partial charge >= 0.3 is 18.1 Å². The molecule has 136 valence electrons. The number of esters is 1. The smallest absolute Gasteiger partial charge is 0.426 e. The molecule has 0 aromatic rings. The van der Waals surface area contributed by atoms with Gasteiger partial charge in [0.25, 0.3) is 5.60 Å². The molecule has 0 aromatic carbocycles. The molecule has 23 heavy (non-hydrogen) atoms. The van der Waals surface area contributed by atoms with Gasteiger partial charge < -0.3 is 9.47 Å². The van der Waals surface area contributed by atoms with E-state index in [-0.39, 0.29) is 6.42 Å². The molecule has 2 unspecified atom stereocenters. The van der Waals surface area contributed by atoms with Gasteiger partial charge in [0.15, 0.2) is 5.60 Å². The van der Waals surface area contributed by atoms with Crippen molar-refractivity contribution in [1.29, 1.82) is 0 Å². The molecule has 1 fully saturated rings. The van der Waals surface area contributed by atoms with E-state index in [0.29, 0.717) is 6.92 Å². The van der Waals surface area contributed by atoms with Crippen molar-refractivity contribution in [3.8, 4) is 0 Å². The second kappa shape index (κ2) is 5.82. The molecule has 1 rings (SSSR count). The Balaban J connectivity index is 3.24. The molecule has 0 aromatic heterocycles. The fourth-order valence-corrected chi connectivity index (χ4v) is 2.01. The molecule has 1 aliphatic rings. The summed E-state index contributed by atoms with van der Waals surface area (Å²) in [5, 5.41) is 8.29. The van der Waals surface area contributed by atoms with Gasteiger partial charge in [0.2, 0.25) is 0 Å². The Morgan fingerprint density at radius 3 is 2.22 bits per heavy atom. The minimum absolute atomic E-state index is 0.235. The van der Waals surface area contributed by atoms with Crippen LogP contribution in [-0.2, 0) is 19.2 Å². The number of hydrogen-bond donors (Lipinski definition) is 1. The van der Waals surface area contributed by atoms with E-state index in [1.807, 2.05) is 0 Å². The monoisotopic (exact) mass is 350 g/mol. The van der Waals surface area contributed by atoms with Gasteiger partial charge in [-0.3, -0.25) is 10.1 Å². The van der Waals surface area contributed by atoms with Gasteiger partial charge in [-0.1, -0.05) is 6.92 Å². The van der Waals surface area contributed by atoms with Crippen molar-refractivity contribution in [3.05, 3.63) is 0 Å². The van der Waals surface area contributed by atoms with Crippen LogP contribution in [0.5, 0.6) is 0 Å². The van der Waals surface area contributed by atoms with Crippen LogP contribution < -0.4 is 0 Å². The number of carbonyl (C=O) groups excluding carboxylic acids is 1. The van der Waals surface area contributed by atoms with Crippen LogP contribution in [0.2, 0.25) is 0 Å². The lowest BCUT2D eigenvalue weighted by Crippen LogP contribution is -2.65. The minimum Gasteiger partial charge on any atom is -0.450 e. The zero-order valence-electron chi connectivity index (χ0n) is 13.1. The maximum atomic E-state index is 14.5. The average Bonchev–Trinajstić information content (AvgIpc) is 2.60. The molecular weight excluding hydrogens is 331 g/mol. The molecule has 1 saturated heterocycles. The summed E-state index contributed by atoms with van der Waals surface area (Å²) in [6.45, 7) is 2.04. The van der Waals surface area contributed by atoms with Gasteiger partial charge in [0, 0.05) is 0 Å². The Bertz CT molecular complexity index is 464. The van der Waals surface area contributed by atoms with E-state index in [2.05, 4.69) is 9.62 Å². The fourth-order valence-electron chi connectivity index (χ4n) is 2.01. The van der Waals surface area contributed by atoms with Gasteiger partial charge in [-0.2, -0.15) is 22.0 Å². The van der Waals surface area contributed by atoms with E-state index in [4.69, 9.17) is 9.99 Å². The van der Waals surface area contributed by atoms with E-state index in [9.17, 15) is 26.7 Å². The van der Waals surface area contributed by atoms with Gasteiger partial charge in [0.05, 0.1) is 12.0 Å². The van der Waals surface area contributed by atoms with Crippen LogP contribution in [0.15, 0.2) is 0 Å². The van der Waals surface area contributed by atoms with Gasteiger partial charge in [-0.15, -0.1) is 0 Å². The lowest BCUT2D eigenvalue weighted by molar-refractivity contribution is -0.375. The minimum atomic E-state index is -5.57. The first-order chi connectivity index (χ1) is 10.2. The average molecular weight is 350 g/mol. The predicted molar refractivity (Wildman–Crippen MR) is 66.8 cm³/mol. The molecule has 2 atom stereocenters.